The lowest BCUT2D eigenvalue weighted by Crippen LogP contribution is -2.01. The first-order chi connectivity index (χ1) is 9.54. The van der Waals surface area contributed by atoms with Crippen LogP contribution in [0, 0.1) is 20.8 Å². The molecule has 0 atom stereocenters. The third-order valence-corrected chi connectivity index (χ3v) is 3.68. The molecular weight excluding hydrogens is 248 g/mol. The molecule has 2 heteroatoms. The number of benzene rings is 2. The molecule has 100 valence electrons. The third-order valence-electron chi connectivity index (χ3n) is 3.68. The average Bonchev–Trinajstić information content (AvgIpc) is 2.42. The summed E-state index contributed by atoms with van der Waals surface area (Å²) < 4.78 is 5.90. The molecule has 0 fully saturated rings. The standard InChI is InChI=1S/C18H16O2/c1-11-4-6-14(7-5-11)17-10-16(19)15-8-12(2)13(3)9-18(15)20-17/h4-10H,1-3H3. The van der Waals surface area contributed by atoms with Crippen LogP contribution in [0.1, 0.15) is 16.7 Å². The summed E-state index contributed by atoms with van der Waals surface area (Å²) in [6.07, 6.45) is 0. The smallest absolute Gasteiger partial charge is 0.193 e. The Bertz CT molecular complexity index is 840. The lowest BCUT2D eigenvalue weighted by molar-refractivity contribution is 0.618. The van der Waals surface area contributed by atoms with Crippen molar-refractivity contribution in [1.82, 2.24) is 0 Å². The Balaban J connectivity index is 2.26. The molecule has 3 rings (SSSR count). The first-order valence-electron chi connectivity index (χ1n) is 6.67. The zero-order valence-electron chi connectivity index (χ0n) is 11.9. The number of fused-ring (bicyclic) bond motifs is 1. The van der Waals surface area contributed by atoms with Gasteiger partial charge in [-0.25, -0.2) is 0 Å². The molecule has 0 radical (unpaired) electrons. The van der Waals surface area contributed by atoms with E-state index < -0.39 is 0 Å². The maximum absolute atomic E-state index is 12.2. The Labute approximate surface area is 117 Å². The maximum Gasteiger partial charge on any atom is 0.193 e. The van der Waals surface area contributed by atoms with E-state index in [0.29, 0.717) is 16.7 Å². The van der Waals surface area contributed by atoms with Gasteiger partial charge in [0, 0.05) is 11.6 Å². The molecule has 0 aliphatic carbocycles. The van der Waals surface area contributed by atoms with Gasteiger partial charge in [-0.1, -0.05) is 29.8 Å². The topological polar surface area (TPSA) is 30.2 Å². The molecule has 2 nitrogen and oxygen atoms in total. The van der Waals surface area contributed by atoms with Crippen LogP contribution < -0.4 is 5.43 Å². The van der Waals surface area contributed by atoms with Gasteiger partial charge in [-0.2, -0.15) is 0 Å². The van der Waals surface area contributed by atoms with Gasteiger partial charge in [-0.05, 0) is 44.0 Å². The highest BCUT2D eigenvalue weighted by atomic mass is 16.3. The molecular formula is C18H16O2. The predicted molar refractivity (Wildman–Crippen MR) is 82.1 cm³/mol. The van der Waals surface area contributed by atoms with Crippen molar-refractivity contribution >= 4 is 11.0 Å². The highest BCUT2D eigenvalue weighted by Gasteiger charge is 2.08. The lowest BCUT2D eigenvalue weighted by atomic mass is 10.1. The van der Waals surface area contributed by atoms with Crippen molar-refractivity contribution in [3.63, 3.8) is 0 Å². The first-order valence-corrected chi connectivity index (χ1v) is 6.67. The van der Waals surface area contributed by atoms with Gasteiger partial charge in [0.1, 0.15) is 11.3 Å². The summed E-state index contributed by atoms with van der Waals surface area (Å²) in [6, 6.07) is 13.4. The number of hydrogen-bond acceptors (Lipinski definition) is 2. The van der Waals surface area contributed by atoms with E-state index in [1.165, 1.54) is 5.56 Å². The fourth-order valence-electron chi connectivity index (χ4n) is 2.27. The zero-order chi connectivity index (χ0) is 14.3. The van der Waals surface area contributed by atoms with Crippen molar-refractivity contribution in [3.8, 4) is 11.3 Å². The zero-order valence-corrected chi connectivity index (χ0v) is 11.9. The van der Waals surface area contributed by atoms with Gasteiger partial charge in [-0.15, -0.1) is 0 Å². The molecule has 0 aliphatic rings. The summed E-state index contributed by atoms with van der Waals surface area (Å²) in [7, 11) is 0. The largest absolute Gasteiger partial charge is 0.456 e. The third kappa shape index (κ3) is 2.14. The second-order valence-corrected chi connectivity index (χ2v) is 5.27. The summed E-state index contributed by atoms with van der Waals surface area (Å²) in [5, 5.41) is 0.643. The fourth-order valence-corrected chi connectivity index (χ4v) is 2.27. The quantitative estimate of drug-likeness (QED) is 0.652. The Hall–Kier alpha value is -2.35. The summed E-state index contributed by atoms with van der Waals surface area (Å²) in [5.41, 5.74) is 4.99. The second kappa shape index (κ2) is 4.64. The van der Waals surface area contributed by atoms with Crippen molar-refractivity contribution in [2.75, 3.05) is 0 Å². The van der Waals surface area contributed by atoms with Gasteiger partial charge in [0.15, 0.2) is 5.43 Å². The molecule has 0 spiro atoms. The molecule has 3 aromatic rings. The van der Waals surface area contributed by atoms with E-state index in [2.05, 4.69) is 0 Å². The van der Waals surface area contributed by atoms with Gasteiger partial charge < -0.3 is 4.42 Å². The SMILES string of the molecule is Cc1ccc(-c2cc(=O)c3cc(C)c(C)cc3o2)cc1. The van der Waals surface area contributed by atoms with Gasteiger partial charge in [0.05, 0.1) is 5.39 Å². The van der Waals surface area contributed by atoms with Crippen LogP contribution in [0.3, 0.4) is 0 Å². The van der Waals surface area contributed by atoms with Crippen molar-refractivity contribution in [1.29, 1.82) is 0 Å². The van der Waals surface area contributed by atoms with Crippen LogP contribution in [0.25, 0.3) is 22.3 Å². The Kier molecular flexibility index (Phi) is 2.94. The van der Waals surface area contributed by atoms with Gasteiger partial charge in [-0.3, -0.25) is 4.79 Å². The predicted octanol–water partition coefficient (Wildman–Crippen LogP) is 4.39. The molecule has 1 heterocycles. The van der Waals surface area contributed by atoms with Crippen molar-refractivity contribution in [2.24, 2.45) is 0 Å². The van der Waals surface area contributed by atoms with Crippen molar-refractivity contribution < 1.29 is 4.42 Å². The molecule has 0 amide bonds. The Morgan fingerprint density at radius 2 is 1.50 bits per heavy atom. The summed E-state index contributed by atoms with van der Waals surface area (Å²) in [6.45, 7) is 6.06. The van der Waals surface area contributed by atoms with Crippen LogP contribution in [0.15, 0.2) is 51.7 Å². The minimum atomic E-state index is 0.00456. The van der Waals surface area contributed by atoms with Gasteiger partial charge in [0.2, 0.25) is 0 Å². The highest BCUT2D eigenvalue weighted by Crippen LogP contribution is 2.24. The van der Waals surface area contributed by atoms with E-state index in [9.17, 15) is 4.79 Å². The normalized spacial score (nSPS) is 10.9. The van der Waals surface area contributed by atoms with E-state index >= 15 is 0 Å². The molecule has 20 heavy (non-hydrogen) atoms. The van der Waals surface area contributed by atoms with Gasteiger partial charge in [0.25, 0.3) is 0 Å². The molecule has 0 unspecified atom stereocenters. The van der Waals surface area contributed by atoms with Crippen LogP contribution in [0.4, 0.5) is 0 Å². The van der Waals surface area contributed by atoms with E-state index in [4.69, 9.17) is 4.42 Å². The average molecular weight is 264 g/mol. The highest BCUT2D eigenvalue weighted by molar-refractivity contribution is 5.80. The summed E-state index contributed by atoms with van der Waals surface area (Å²) in [5.74, 6) is 0.616. The van der Waals surface area contributed by atoms with Crippen molar-refractivity contribution in [3.05, 3.63) is 69.4 Å². The Morgan fingerprint density at radius 1 is 0.850 bits per heavy atom. The number of rotatable bonds is 1. The van der Waals surface area contributed by atoms with E-state index in [1.54, 1.807) is 6.07 Å². The monoisotopic (exact) mass is 264 g/mol. The second-order valence-electron chi connectivity index (χ2n) is 5.27. The first kappa shape index (κ1) is 12.7. The molecule has 0 saturated carbocycles. The van der Waals surface area contributed by atoms with Crippen LogP contribution in [-0.4, -0.2) is 0 Å². The number of hydrogen-bond donors (Lipinski definition) is 0. The van der Waals surface area contributed by atoms with Crippen molar-refractivity contribution in [2.45, 2.75) is 20.8 Å². The summed E-state index contributed by atoms with van der Waals surface area (Å²) in [4.78, 5) is 12.2. The van der Waals surface area contributed by atoms with Gasteiger partial charge >= 0.3 is 0 Å². The van der Waals surface area contributed by atoms with E-state index in [0.717, 1.165) is 16.7 Å². The van der Waals surface area contributed by atoms with Crippen LogP contribution >= 0.6 is 0 Å². The van der Waals surface area contributed by atoms with Crippen LogP contribution in [-0.2, 0) is 0 Å². The fraction of sp³-hybridized carbons (Fsp3) is 0.167. The van der Waals surface area contributed by atoms with Crippen LogP contribution in [0.5, 0.6) is 0 Å². The van der Waals surface area contributed by atoms with E-state index in [-0.39, 0.29) is 5.43 Å². The van der Waals surface area contributed by atoms with E-state index in [1.807, 2.05) is 57.2 Å². The molecule has 1 aromatic heterocycles. The Morgan fingerprint density at radius 3 is 2.20 bits per heavy atom. The number of aryl methyl sites for hydroxylation is 3. The summed E-state index contributed by atoms with van der Waals surface area (Å²) >= 11 is 0. The van der Waals surface area contributed by atoms with Crippen LogP contribution in [0.2, 0.25) is 0 Å². The molecule has 0 saturated heterocycles. The minimum absolute atomic E-state index is 0.00456. The minimum Gasteiger partial charge on any atom is -0.456 e. The molecule has 0 aliphatic heterocycles. The molecule has 0 N–H and O–H groups in total. The lowest BCUT2D eigenvalue weighted by Gasteiger charge is -2.06. The molecule has 0 bridgehead atoms. The molecule has 2 aromatic carbocycles. The maximum atomic E-state index is 12.2.